The van der Waals surface area contributed by atoms with E-state index in [-0.39, 0.29) is 0 Å². The van der Waals surface area contributed by atoms with E-state index in [4.69, 9.17) is 23.2 Å². The molecular formula is C13H23Cl2. The summed E-state index contributed by atoms with van der Waals surface area (Å²) in [6.07, 6.45) is 15.8. The highest BCUT2D eigenvalue weighted by molar-refractivity contribution is 6.55. The first-order valence-electron chi connectivity index (χ1n) is 6.06. The summed E-state index contributed by atoms with van der Waals surface area (Å²) in [5, 5.41) is 0. The zero-order valence-electron chi connectivity index (χ0n) is 9.77. The van der Waals surface area contributed by atoms with E-state index >= 15 is 0 Å². The van der Waals surface area contributed by atoms with Crippen LogP contribution >= 0.6 is 23.2 Å². The van der Waals surface area contributed by atoms with E-state index in [1.807, 2.05) is 6.08 Å². The zero-order chi connectivity index (χ0) is 11.4. The van der Waals surface area contributed by atoms with Crippen molar-refractivity contribution >= 4 is 23.2 Å². The molecular weight excluding hydrogens is 227 g/mol. The lowest BCUT2D eigenvalue weighted by Crippen LogP contribution is -1.80. The summed E-state index contributed by atoms with van der Waals surface area (Å²) in [7, 11) is 0. The molecule has 15 heavy (non-hydrogen) atoms. The van der Waals surface area contributed by atoms with Gasteiger partial charge in [-0.2, -0.15) is 0 Å². The maximum Gasteiger partial charge on any atom is 0.102 e. The van der Waals surface area contributed by atoms with Crippen molar-refractivity contribution in [3.8, 4) is 0 Å². The summed E-state index contributed by atoms with van der Waals surface area (Å²) >= 11 is 11.0. The van der Waals surface area contributed by atoms with Crippen molar-refractivity contribution in [1.29, 1.82) is 0 Å². The molecule has 0 N–H and O–H groups in total. The second-order valence-corrected chi connectivity index (χ2v) is 4.96. The van der Waals surface area contributed by atoms with E-state index in [0.29, 0.717) is 4.49 Å². The Kier molecular flexibility index (Phi) is 12.7. The van der Waals surface area contributed by atoms with Crippen LogP contribution in [0.15, 0.2) is 10.6 Å². The quantitative estimate of drug-likeness (QED) is 0.414. The topological polar surface area (TPSA) is 0 Å². The predicted octanol–water partition coefficient (Wildman–Crippen LogP) is 6.04. The fraction of sp³-hybridized carbons (Fsp3) is 0.769. The average Bonchev–Trinajstić information content (AvgIpc) is 2.20. The van der Waals surface area contributed by atoms with Crippen LogP contribution in [0.2, 0.25) is 0 Å². The first-order chi connectivity index (χ1) is 7.27. The second-order valence-electron chi connectivity index (χ2n) is 3.95. The molecule has 0 rings (SSSR count). The molecule has 0 aromatic heterocycles. The van der Waals surface area contributed by atoms with Crippen molar-refractivity contribution in [1.82, 2.24) is 0 Å². The van der Waals surface area contributed by atoms with E-state index in [1.165, 1.54) is 51.4 Å². The highest BCUT2D eigenvalue weighted by Crippen LogP contribution is 2.13. The Bertz CT molecular complexity index is 149. The van der Waals surface area contributed by atoms with Gasteiger partial charge in [0.25, 0.3) is 0 Å². The molecule has 0 nitrogen and oxygen atoms in total. The van der Waals surface area contributed by atoms with Gasteiger partial charge in [0.2, 0.25) is 0 Å². The molecule has 1 radical (unpaired) electrons. The Morgan fingerprint density at radius 1 is 0.800 bits per heavy atom. The molecule has 0 aliphatic carbocycles. The smallest absolute Gasteiger partial charge is 0.0713 e. The standard InChI is InChI=1S/C13H23Cl2/c1-2-3-4-5-6-7-8-9-10-11-12-13(14)15/h2,12H,3-11H2,1H3. The van der Waals surface area contributed by atoms with Crippen molar-refractivity contribution in [2.45, 2.75) is 64.7 Å². The van der Waals surface area contributed by atoms with Crippen LogP contribution in [0.5, 0.6) is 0 Å². The van der Waals surface area contributed by atoms with Gasteiger partial charge in [-0.1, -0.05) is 81.1 Å². The monoisotopic (exact) mass is 249 g/mol. The summed E-state index contributed by atoms with van der Waals surface area (Å²) in [6, 6.07) is 0. The molecule has 0 saturated heterocycles. The van der Waals surface area contributed by atoms with Gasteiger partial charge in [0.05, 0.1) is 0 Å². The van der Waals surface area contributed by atoms with Gasteiger partial charge in [-0.05, 0) is 19.3 Å². The molecule has 0 atom stereocenters. The third-order valence-corrected chi connectivity index (χ3v) is 2.80. The molecule has 0 aliphatic heterocycles. The van der Waals surface area contributed by atoms with Crippen molar-refractivity contribution in [2.75, 3.05) is 0 Å². The van der Waals surface area contributed by atoms with Gasteiger partial charge in [0, 0.05) is 0 Å². The van der Waals surface area contributed by atoms with E-state index in [0.717, 1.165) is 6.42 Å². The van der Waals surface area contributed by atoms with Crippen LogP contribution in [0, 0.1) is 6.42 Å². The van der Waals surface area contributed by atoms with Gasteiger partial charge >= 0.3 is 0 Å². The van der Waals surface area contributed by atoms with Gasteiger partial charge in [-0.25, -0.2) is 0 Å². The number of unbranched alkanes of at least 4 members (excludes halogenated alkanes) is 9. The van der Waals surface area contributed by atoms with Crippen molar-refractivity contribution in [3.05, 3.63) is 17.0 Å². The molecule has 89 valence electrons. The highest BCUT2D eigenvalue weighted by Gasteiger charge is 1.91. The number of rotatable bonds is 10. The maximum atomic E-state index is 5.51. The average molecular weight is 250 g/mol. The van der Waals surface area contributed by atoms with Crippen LogP contribution in [-0.2, 0) is 0 Å². The minimum atomic E-state index is 0.408. The van der Waals surface area contributed by atoms with Crippen LogP contribution in [-0.4, -0.2) is 0 Å². The van der Waals surface area contributed by atoms with Crippen molar-refractivity contribution in [2.24, 2.45) is 0 Å². The molecule has 0 bridgehead atoms. The first kappa shape index (κ1) is 15.3. The second kappa shape index (κ2) is 12.4. The summed E-state index contributed by atoms with van der Waals surface area (Å²) in [5.41, 5.74) is 0. The molecule has 0 aromatic rings. The molecule has 0 spiro atoms. The molecule has 0 heterocycles. The summed E-state index contributed by atoms with van der Waals surface area (Å²) in [4.78, 5) is 0. The molecule has 0 unspecified atom stereocenters. The van der Waals surface area contributed by atoms with E-state index < -0.39 is 0 Å². The van der Waals surface area contributed by atoms with Crippen molar-refractivity contribution in [3.63, 3.8) is 0 Å². The van der Waals surface area contributed by atoms with Gasteiger partial charge in [-0.3, -0.25) is 0 Å². The summed E-state index contributed by atoms with van der Waals surface area (Å²) in [6.45, 7) is 2.13. The van der Waals surface area contributed by atoms with Crippen LogP contribution in [0.3, 0.4) is 0 Å². The lowest BCUT2D eigenvalue weighted by atomic mass is 10.1. The molecule has 0 amide bonds. The minimum absolute atomic E-state index is 0.408. The number of halogens is 2. The fourth-order valence-electron chi connectivity index (χ4n) is 1.59. The van der Waals surface area contributed by atoms with Crippen LogP contribution in [0.1, 0.15) is 64.7 Å². The lowest BCUT2D eigenvalue weighted by molar-refractivity contribution is 0.580. The lowest BCUT2D eigenvalue weighted by Gasteiger charge is -2.00. The van der Waals surface area contributed by atoms with E-state index in [9.17, 15) is 0 Å². The first-order valence-corrected chi connectivity index (χ1v) is 6.82. The summed E-state index contributed by atoms with van der Waals surface area (Å²) in [5.74, 6) is 0. The third-order valence-electron chi connectivity index (χ3n) is 2.50. The molecule has 0 saturated carbocycles. The molecule has 0 fully saturated rings. The highest BCUT2D eigenvalue weighted by atomic mass is 35.5. The Morgan fingerprint density at radius 3 is 1.73 bits per heavy atom. The Hall–Kier alpha value is 0.320. The normalized spacial score (nSPS) is 10.3. The summed E-state index contributed by atoms with van der Waals surface area (Å²) < 4.78 is 0.408. The Labute approximate surface area is 105 Å². The van der Waals surface area contributed by atoms with E-state index in [2.05, 4.69) is 13.3 Å². The zero-order valence-corrected chi connectivity index (χ0v) is 11.3. The Balaban J connectivity index is 2.96. The Morgan fingerprint density at radius 2 is 1.27 bits per heavy atom. The maximum absolute atomic E-state index is 5.51. The third kappa shape index (κ3) is 14.3. The number of hydrogen-bond donors (Lipinski definition) is 0. The largest absolute Gasteiger partial charge is 0.102 e. The predicted molar refractivity (Wildman–Crippen MR) is 71.3 cm³/mol. The number of hydrogen-bond acceptors (Lipinski definition) is 0. The van der Waals surface area contributed by atoms with Crippen LogP contribution < -0.4 is 0 Å². The minimum Gasteiger partial charge on any atom is -0.0713 e. The SMILES string of the molecule is C[CH]CCCCCCCCCC=C(Cl)Cl. The molecule has 0 aromatic carbocycles. The van der Waals surface area contributed by atoms with Crippen molar-refractivity contribution < 1.29 is 0 Å². The van der Waals surface area contributed by atoms with Crippen LogP contribution in [0.4, 0.5) is 0 Å². The number of allylic oxidation sites excluding steroid dienone is 1. The fourth-order valence-corrected chi connectivity index (χ4v) is 1.81. The van der Waals surface area contributed by atoms with Gasteiger partial charge in [-0.15, -0.1) is 0 Å². The molecule has 0 aliphatic rings. The van der Waals surface area contributed by atoms with Crippen LogP contribution in [0.25, 0.3) is 0 Å². The van der Waals surface area contributed by atoms with Gasteiger partial charge in [0.1, 0.15) is 4.49 Å². The van der Waals surface area contributed by atoms with E-state index in [1.54, 1.807) is 0 Å². The van der Waals surface area contributed by atoms with Gasteiger partial charge in [0.15, 0.2) is 0 Å². The molecule has 2 heteroatoms. The van der Waals surface area contributed by atoms with Gasteiger partial charge < -0.3 is 0 Å².